The summed E-state index contributed by atoms with van der Waals surface area (Å²) in [7, 11) is 0. The maximum absolute atomic E-state index is 13.3. The predicted molar refractivity (Wildman–Crippen MR) is 168 cm³/mol. The molecule has 0 N–H and O–H groups in total. The molecule has 9 heteroatoms. The molecule has 0 amide bonds. The van der Waals surface area contributed by atoms with Crippen molar-refractivity contribution in [3.63, 3.8) is 0 Å². The molecule has 1 aliphatic heterocycles. The maximum Gasteiger partial charge on any atom is 0.350 e. The van der Waals surface area contributed by atoms with Gasteiger partial charge in [-0.2, -0.15) is 9.78 Å². The molecule has 0 unspecified atom stereocenters. The molecule has 0 spiro atoms. The van der Waals surface area contributed by atoms with Crippen molar-refractivity contribution in [2.24, 2.45) is 0 Å². The lowest BCUT2D eigenvalue weighted by Crippen LogP contribution is -2.38. The molecule has 2 aromatic heterocycles. The van der Waals surface area contributed by atoms with Gasteiger partial charge in [0, 0.05) is 35.1 Å². The van der Waals surface area contributed by atoms with Crippen molar-refractivity contribution in [1.29, 1.82) is 0 Å². The highest BCUT2D eigenvalue weighted by Gasteiger charge is 2.41. The molecule has 2 aromatic carbocycles. The van der Waals surface area contributed by atoms with Gasteiger partial charge in [0.2, 0.25) is 0 Å². The van der Waals surface area contributed by atoms with E-state index >= 15 is 0 Å². The van der Waals surface area contributed by atoms with Crippen LogP contribution < -0.4 is 5.69 Å². The quantitative estimate of drug-likeness (QED) is 0.224. The van der Waals surface area contributed by atoms with Crippen LogP contribution in [0, 0.1) is 6.92 Å². The van der Waals surface area contributed by atoms with Crippen molar-refractivity contribution in [2.45, 2.75) is 111 Å². The Kier molecular flexibility index (Phi) is 8.27. The monoisotopic (exact) mass is 598 g/mol. The van der Waals surface area contributed by atoms with Crippen LogP contribution in [0.2, 0.25) is 0 Å². The molecule has 43 heavy (non-hydrogen) atoms. The van der Waals surface area contributed by atoms with Crippen molar-refractivity contribution >= 4 is 11.8 Å². The maximum atomic E-state index is 13.3. The zero-order valence-electron chi connectivity index (χ0n) is 25.2. The molecule has 0 bridgehead atoms. The first-order valence-electron chi connectivity index (χ1n) is 16.2. The summed E-state index contributed by atoms with van der Waals surface area (Å²) in [6.07, 6.45) is 15.8. The van der Waals surface area contributed by atoms with Crippen molar-refractivity contribution in [2.75, 3.05) is 13.2 Å². The first kappa shape index (κ1) is 28.6. The van der Waals surface area contributed by atoms with E-state index in [1.807, 2.05) is 30.0 Å². The van der Waals surface area contributed by atoms with Gasteiger partial charge in [-0.1, -0.05) is 62.4 Å². The van der Waals surface area contributed by atoms with Crippen LogP contribution in [0.1, 0.15) is 106 Å². The van der Waals surface area contributed by atoms with E-state index in [1.54, 1.807) is 16.4 Å². The largest absolute Gasteiger partial charge is 0.381 e. The first-order valence-corrected chi connectivity index (χ1v) is 17.0. The lowest BCUT2D eigenvalue weighted by atomic mass is 9.73. The molecular weight excluding hydrogens is 556 g/mol. The number of rotatable bonds is 7. The molecule has 226 valence electrons. The van der Waals surface area contributed by atoms with Crippen LogP contribution in [0.3, 0.4) is 0 Å². The molecule has 3 fully saturated rings. The van der Waals surface area contributed by atoms with Gasteiger partial charge >= 0.3 is 5.69 Å². The van der Waals surface area contributed by atoms with Crippen molar-refractivity contribution in [3.8, 4) is 5.69 Å². The Morgan fingerprint density at radius 2 is 1.56 bits per heavy atom. The third-order valence-electron chi connectivity index (χ3n) is 9.94. The molecule has 3 aliphatic rings. The van der Waals surface area contributed by atoms with Gasteiger partial charge in [0.25, 0.3) is 0 Å². The number of nitrogens with zero attached hydrogens (tertiary/aromatic N) is 6. The second-order valence-electron chi connectivity index (χ2n) is 12.6. The van der Waals surface area contributed by atoms with Gasteiger partial charge in [0.1, 0.15) is 18.0 Å². The minimum atomic E-state index is -0.206. The summed E-state index contributed by atoms with van der Waals surface area (Å²) in [4.78, 5) is 15.7. The van der Waals surface area contributed by atoms with Crippen LogP contribution in [0.4, 0.5) is 0 Å². The summed E-state index contributed by atoms with van der Waals surface area (Å²) in [5.41, 5.74) is 1.87. The molecule has 7 rings (SSSR count). The Morgan fingerprint density at radius 3 is 2.28 bits per heavy atom. The second-order valence-corrected chi connectivity index (χ2v) is 13.7. The number of aromatic nitrogens is 6. The second kappa shape index (κ2) is 12.4. The Morgan fingerprint density at radius 1 is 0.860 bits per heavy atom. The fraction of sp³-hybridized carbons (Fsp3) is 0.529. The molecule has 1 saturated heterocycles. The van der Waals surface area contributed by atoms with E-state index in [0.717, 1.165) is 61.1 Å². The van der Waals surface area contributed by atoms with Crippen molar-refractivity contribution in [1.82, 2.24) is 29.1 Å². The number of aryl methyl sites for hydroxylation is 1. The normalized spacial score (nSPS) is 19.9. The molecule has 0 atom stereocenters. The fourth-order valence-electron chi connectivity index (χ4n) is 7.63. The van der Waals surface area contributed by atoms with Crippen LogP contribution in [0.15, 0.2) is 69.4 Å². The number of hydrogen-bond donors (Lipinski definition) is 0. The zero-order valence-corrected chi connectivity index (χ0v) is 26.0. The lowest BCUT2D eigenvalue weighted by molar-refractivity contribution is 0.0583. The van der Waals surface area contributed by atoms with Crippen LogP contribution in [0.25, 0.3) is 5.69 Å². The highest BCUT2D eigenvalue weighted by atomic mass is 32.2. The summed E-state index contributed by atoms with van der Waals surface area (Å²) in [5, 5.41) is 13.9. The third kappa shape index (κ3) is 5.62. The van der Waals surface area contributed by atoms with E-state index in [4.69, 9.17) is 9.84 Å². The average molecular weight is 599 g/mol. The third-order valence-corrected chi connectivity index (χ3v) is 10.9. The van der Waals surface area contributed by atoms with Gasteiger partial charge in [-0.25, -0.2) is 4.79 Å². The van der Waals surface area contributed by atoms with E-state index in [9.17, 15) is 4.79 Å². The van der Waals surface area contributed by atoms with Crippen molar-refractivity contribution in [3.05, 3.63) is 82.6 Å². The van der Waals surface area contributed by atoms with Crippen LogP contribution >= 0.6 is 11.8 Å². The number of benzene rings is 2. The van der Waals surface area contributed by atoms with Crippen molar-refractivity contribution < 1.29 is 4.74 Å². The standard InChI is InChI=1S/C34H42N6O2S/c1-25-37-40(33(41)39(25)28-12-6-3-7-13-28)29-15-17-30(18-16-29)43-31-14-8-9-26(23-31)34(19-21-42-22-20-34)32-36-35-24-38(32)27-10-4-2-5-11-27/h8-9,14-18,23-24,27-28H,2-7,10-13,19-22H2,1H3. The molecule has 2 aliphatic carbocycles. The van der Waals surface area contributed by atoms with Crippen LogP contribution in [0.5, 0.6) is 0 Å². The summed E-state index contributed by atoms with van der Waals surface area (Å²) >= 11 is 1.75. The molecule has 3 heterocycles. The van der Waals surface area contributed by atoms with Crippen LogP contribution in [-0.2, 0) is 10.2 Å². The van der Waals surface area contributed by atoms with Gasteiger partial charge in [0.05, 0.1) is 11.1 Å². The summed E-state index contributed by atoms with van der Waals surface area (Å²) in [6.45, 7) is 3.41. The van der Waals surface area contributed by atoms with Gasteiger partial charge in [-0.05, 0) is 87.4 Å². The highest BCUT2D eigenvalue weighted by Crippen LogP contribution is 2.44. The lowest BCUT2D eigenvalue weighted by Gasteiger charge is -2.38. The molecule has 0 radical (unpaired) electrons. The topological polar surface area (TPSA) is 79.8 Å². The SMILES string of the molecule is Cc1nn(-c2ccc(Sc3cccc(C4(c5nncn5C5CCCCC5)CCOCC4)c3)cc2)c(=O)n1C1CCCCC1. The fourth-order valence-corrected chi connectivity index (χ4v) is 8.50. The Bertz CT molecular complexity index is 1590. The molecule has 2 saturated carbocycles. The van der Waals surface area contributed by atoms with Crippen LogP contribution in [-0.4, -0.2) is 42.3 Å². The summed E-state index contributed by atoms with van der Waals surface area (Å²) in [5.74, 6) is 1.90. The van der Waals surface area contributed by atoms with E-state index in [1.165, 1.54) is 61.8 Å². The zero-order chi connectivity index (χ0) is 29.2. The van der Waals surface area contributed by atoms with Gasteiger partial charge in [0.15, 0.2) is 0 Å². The summed E-state index contributed by atoms with van der Waals surface area (Å²) in [6, 6.07) is 17.9. The highest BCUT2D eigenvalue weighted by molar-refractivity contribution is 7.99. The van der Waals surface area contributed by atoms with Gasteiger partial charge < -0.3 is 9.30 Å². The van der Waals surface area contributed by atoms with Gasteiger partial charge in [-0.15, -0.1) is 10.2 Å². The minimum Gasteiger partial charge on any atom is -0.381 e. The number of hydrogen-bond acceptors (Lipinski definition) is 6. The van der Waals surface area contributed by atoms with E-state index in [0.29, 0.717) is 6.04 Å². The smallest absolute Gasteiger partial charge is 0.350 e. The minimum absolute atomic E-state index is 0.0275. The Labute approximate surface area is 257 Å². The first-order chi connectivity index (χ1) is 21.1. The average Bonchev–Trinajstić information content (AvgIpc) is 3.67. The van der Waals surface area contributed by atoms with Gasteiger partial charge in [-0.3, -0.25) is 4.57 Å². The molecule has 4 aromatic rings. The summed E-state index contributed by atoms with van der Waals surface area (Å²) < 4.78 is 11.7. The van der Waals surface area contributed by atoms with E-state index in [2.05, 4.69) is 51.2 Å². The molecule has 8 nitrogen and oxygen atoms in total. The van der Waals surface area contributed by atoms with E-state index in [-0.39, 0.29) is 17.1 Å². The predicted octanol–water partition coefficient (Wildman–Crippen LogP) is 7.19. The van der Waals surface area contributed by atoms with E-state index < -0.39 is 0 Å². The number of ether oxygens (including phenoxy) is 1. The Balaban J connectivity index is 1.14. The Hall–Kier alpha value is -3.17. The molecular formula is C34H42N6O2S.